The van der Waals surface area contributed by atoms with Crippen LogP contribution in [0.3, 0.4) is 0 Å². The normalized spacial score (nSPS) is 12.4. The van der Waals surface area contributed by atoms with Gasteiger partial charge in [-0.25, -0.2) is 0 Å². The van der Waals surface area contributed by atoms with Gasteiger partial charge >= 0.3 is 0 Å². The van der Waals surface area contributed by atoms with Gasteiger partial charge in [0.05, 0.1) is 0 Å². The Morgan fingerprint density at radius 1 is 0.882 bits per heavy atom. The summed E-state index contributed by atoms with van der Waals surface area (Å²) in [6.07, 6.45) is 2.50. The predicted molar refractivity (Wildman–Crippen MR) is 83.5 cm³/mol. The third kappa shape index (κ3) is 3.32. The van der Waals surface area contributed by atoms with Gasteiger partial charge in [0.15, 0.2) is 0 Å². The quantitative estimate of drug-likeness (QED) is 0.501. The molecular weight excluding hydrogens is 319 g/mol. The van der Waals surface area contributed by atoms with E-state index in [1.807, 2.05) is 0 Å². The van der Waals surface area contributed by atoms with Crippen molar-refractivity contribution in [1.82, 2.24) is 0 Å². The lowest BCUT2D eigenvalue weighted by molar-refractivity contribution is 0.799. The van der Waals surface area contributed by atoms with E-state index in [9.17, 15) is 0 Å². The van der Waals surface area contributed by atoms with E-state index in [4.69, 9.17) is 0 Å². The molecule has 2 rings (SSSR count). The third-order valence-corrected chi connectivity index (χ3v) is 4.26. The summed E-state index contributed by atoms with van der Waals surface area (Å²) in [4.78, 5) is 0. The monoisotopic (exact) mass is 336 g/mol. The Bertz CT molecular complexity index is 445. The zero-order chi connectivity index (χ0) is 12.1. The minimum atomic E-state index is 0.641. The van der Waals surface area contributed by atoms with E-state index in [1.54, 1.807) is 0 Å². The van der Waals surface area contributed by atoms with Crippen molar-refractivity contribution in [2.45, 2.75) is 23.7 Å². The molecule has 17 heavy (non-hydrogen) atoms. The molecule has 0 aliphatic carbocycles. The highest BCUT2D eigenvalue weighted by molar-refractivity contribution is 14.1. The molecule has 1 heteroatoms. The lowest BCUT2D eigenvalue weighted by Gasteiger charge is -2.09. The molecule has 0 heterocycles. The molecule has 0 saturated carbocycles. The molecular formula is C16H17I. The highest BCUT2D eigenvalue weighted by atomic mass is 127. The van der Waals surface area contributed by atoms with Gasteiger partial charge in [-0.2, -0.15) is 0 Å². The third-order valence-electron chi connectivity index (χ3n) is 2.92. The Hall–Kier alpha value is -0.830. The van der Waals surface area contributed by atoms with E-state index < -0.39 is 0 Å². The van der Waals surface area contributed by atoms with Crippen LogP contribution in [0.2, 0.25) is 0 Å². The number of rotatable bonds is 4. The van der Waals surface area contributed by atoms with Gasteiger partial charge in [0.2, 0.25) is 0 Å². The summed E-state index contributed by atoms with van der Waals surface area (Å²) in [5.41, 5.74) is 4.03. The Balaban J connectivity index is 2.19. The Morgan fingerprint density at radius 2 is 1.47 bits per heavy atom. The van der Waals surface area contributed by atoms with Crippen molar-refractivity contribution < 1.29 is 0 Å². The topological polar surface area (TPSA) is 0 Å². The molecule has 88 valence electrons. The van der Waals surface area contributed by atoms with Gasteiger partial charge in [-0.3, -0.25) is 0 Å². The molecule has 0 N–H and O–H groups in total. The minimum Gasteiger partial charge on any atom is -0.0774 e. The Morgan fingerprint density at radius 3 is 2.06 bits per heavy atom. The number of halogens is 1. The van der Waals surface area contributed by atoms with Gasteiger partial charge in [0.25, 0.3) is 0 Å². The van der Waals surface area contributed by atoms with Crippen LogP contribution in [0, 0.1) is 0 Å². The predicted octanol–water partition coefficient (Wildman–Crippen LogP) is 5.63. The van der Waals surface area contributed by atoms with Gasteiger partial charge in [0.1, 0.15) is 0 Å². The van der Waals surface area contributed by atoms with Crippen molar-refractivity contribution in [1.29, 1.82) is 0 Å². The van der Waals surface area contributed by atoms with Crippen LogP contribution in [-0.2, 0) is 0 Å². The highest BCUT2D eigenvalue weighted by Gasteiger charge is 2.05. The summed E-state index contributed by atoms with van der Waals surface area (Å²) < 4.78 is 0.641. The van der Waals surface area contributed by atoms with Gasteiger partial charge in [0, 0.05) is 3.92 Å². The fourth-order valence-electron chi connectivity index (χ4n) is 1.94. The first kappa shape index (κ1) is 12.6. The van der Waals surface area contributed by atoms with Crippen LogP contribution < -0.4 is 0 Å². The van der Waals surface area contributed by atoms with Crippen molar-refractivity contribution >= 4 is 22.6 Å². The molecule has 0 bridgehead atoms. The van der Waals surface area contributed by atoms with Crippen LogP contribution in [0.4, 0.5) is 0 Å². The van der Waals surface area contributed by atoms with E-state index in [0.717, 1.165) is 0 Å². The zero-order valence-corrected chi connectivity index (χ0v) is 12.2. The number of alkyl halides is 1. The molecule has 0 nitrogen and oxygen atoms in total. The maximum Gasteiger partial charge on any atom is 0.0359 e. The van der Waals surface area contributed by atoms with Crippen molar-refractivity contribution in [3.05, 3.63) is 60.2 Å². The smallest absolute Gasteiger partial charge is 0.0359 e. The molecule has 0 spiro atoms. The number of hydrogen-bond donors (Lipinski definition) is 0. The van der Waals surface area contributed by atoms with Gasteiger partial charge < -0.3 is 0 Å². The molecule has 2 aromatic rings. The fourth-order valence-corrected chi connectivity index (χ4v) is 2.97. The van der Waals surface area contributed by atoms with Crippen molar-refractivity contribution in [2.24, 2.45) is 0 Å². The molecule has 0 aliphatic heterocycles. The molecule has 1 atom stereocenters. The largest absolute Gasteiger partial charge is 0.0774 e. The van der Waals surface area contributed by atoms with Crippen LogP contribution in [-0.4, -0.2) is 0 Å². The molecule has 2 aromatic carbocycles. The number of hydrogen-bond acceptors (Lipinski definition) is 0. The fraction of sp³-hybridized carbons (Fsp3) is 0.250. The summed E-state index contributed by atoms with van der Waals surface area (Å²) in [7, 11) is 0. The second kappa shape index (κ2) is 6.20. The molecule has 0 aliphatic rings. The summed E-state index contributed by atoms with van der Waals surface area (Å²) in [6.45, 7) is 2.24. The number of benzene rings is 2. The summed E-state index contributed by atoms with van der Waals surface area (Å²) in [6, 6.07) is 19.5. The average Bonchev–Trinajstić information content (AvgIpc) is 2.40. The average molecular weight is 336 g/mol. The first-order valence-corrected chi connectivity index (χ1v) is 7.35. The van der Waals surface area contributed by atoms with Gasteiger partial charge in [-0.15, -0.1) is 0 Å². The molecule has 0 aromatic heterocycles. The molecule has 0 radical (unpaired) electrons. The van der Waals surface area contributed by atoms with Gasteiger partial charge in [-0.1, -0.05) is 90.5 Å². The van der Waals surface area contributed by atoms with Crippen LogP contribution in [0.15, 0.2) is 54.6 Å². The van der Waals surface area contributed by atoms with Crippen molar-refractivity contribution in [2.75, 3.05) is 0 Å². The summed E-state index contributed by atoms with van der Waals surface area (Å²) >= 11 is 2.53. The maximum absolute atomic E-state index is 2.53. The lowest BCUT2D eigenvalue weighted by atomic mass is 10.0. The minimum absolute atomic E-state index is 0.641. The van der Waals surface area contributed by atoms with Crippen LogP contribution >= 0.6 is 22.6 Å². The second-order valence-electron chi connectivity index (χ2n) is 4.24. The van der Waals surface area contributed by atoms with Crippen molar-refractivity contribution in [3.63, 3.8) is 0 Å². The molecule has 0 fully saturated rings. The van der Waals surface area contributed by atoms with E-state index in [1.165, 1.54) is 29.5 Å². The van der Waals surface area contributed by atoms with Crippen molar-refractivity contribution in [3.8, 4) is 11.1 Å². The van der Waals surface area contributed by atoms with E-state index in [2.05, 4.69) is 84.1 Å². The standard InChI is InChI=1S/C16H17I/c1-2-6-16(17)15-11-9-14(10-12-15)13-7-4-3-5-8-13/h3-5,7-12,16H,2,6H2,1H3. The Labute approximate surface area is 117 Å². The van der Waals surface area contributed by atoms with Gasteiger partial charge in [-0.05, 0) is 23.1 Å². The first-order valence-electron chi connectivity index (χ1n) is 6.10. The van der Waals surface area contributed by atoms with E-state index >= 15 is 0 Å². The maximum atomic E-state index is 2.53. The molecule has 0 saturated heterocycles. The van der Waals surface area contributed by atoms with E-state index in [-0.39, 0.29) is 0 Å². The lowest BCUT2D eigenvalue weighted by Crippen LogP contribution is -1.88. The second-order valence-corrected chi connectivity index (χ2v) is 5.75. The summed E-state index contributed by atoms with van der Waals surface area (Å²) in [5.74, 6) is 0. The van der Waals surface area contributed by atoms with Crippen LogP contribution in [0.5, 0.6) is 0 Å². The zero-order valence-electron chi connectivity index (χ0n) is 10.1. The van der Waals surface area contributed by atoms with Crippen LogP contribution in [0.1, 0.15) is 29.3 Å². The first-order chi connectivity index (χ1) is 8.31. The van der Waals surface area contributed by atoms with Crippen LogP contribution in [0.25, 0.3) is 11.1 Å². The Kier molecular flexibility index (Phi) is 4.60. The highest BCUT2D eigenvalue weighted by Crippen LogP contribution is 2.29. The summed E-state index contributed by atoms with van der Waals surface area (Å²) in [5, 5.41) is 0. The molecule has 1 unspecified atom stereocenters. The van der Waals surface area contributed by atoms with E-state index in [0.29, 0.717) is 3.92 Å². The SMILES string of the molecule is CCCC(I)c1ccc(-c2ccccc2)cc1. The molecule has 0 amide bonds.